The monoisotopic (exact) mass is 232 g/mol. The third kappa shape index (κ3) is 3.13. The first-order chi connectivity index (χ1) is 8.10. The van der Waals surface area contributed by atoms with Crippen LogP contribution in [0.25, 0.3) is 0 Å². The van der Waals surface area contributed by atoms with Crippen LogP contribution in [0, 0.1) is 11.3 Å². The van der Waals surface area contributed by atoms with E-state index in [0.29, 0.717) is 0 Å². The third-order valence-electron chi connectivity index (χ3n) is 2.08. The molecule has 0 aliphatic rings. The van der Waals surface area contributed by atoms with E-state index < -0.39 is 17.8 Å². The van der Waals surface area contributed by atoms with Gasteiger partial charge >= 0.3 is 5.97 Å². The van der Waals surface area contributed by atoms with Crippen molar-refractivity contribution < 1.29 is 14.3 Å². The number of Topliss-reactive ketones (excluding diaryl/α,β-unsaturated/α-hetero) is 1. The molecule has 0 saturated carbocycles. The van der Waals surface area contributed by atoms with E-state index in [1.165, 1.54) is 18.2 Å². The minimum absolute atomic E-state index is 0.226. The number of nitriles is 1. The molecule has 1 aromatic carbocycles. The normalized spacial score (nSPS) is 11.4. The molecule has 17 heavy (non-hydrogen) atoms. The fourth-order valence-corrected chi connectivity index (χ4v) is 1.25. The van der Waals surface area contributed by atoms with Gasteiger partial charge in [-0.25, -0.2) is 4.79 Å². The summed E-state index contributed by atoms with van der Waals surface area (Å²) in [5, 5.41) is 8.54. The van der Waals surface area contributed by atoms with Crippen LogP contribution in [0.3, 0.4) is 0 Å². The summed E-state index contributed by atoms with van der Waals surface area (Å²) in [7, 11) is 0. The van der Waals surface area contributed by atoms with Gasteiger partial charge in [-0.05, 0) is 19.1 Å². The van der Waals surface area contributed by atoms with Gasteiger partial charge in [0, 0.05) is 5.56 Å². The summed E-state index contributed by atoms with van der Waals surface area (Å²) in [6.07, 6.45) is 0. The van der Waals surface area contributed by atoms with Crippen LogP contribution in [0.5, 0.6) is 0 Å². The smallest absolute Gasteiger partial charge is 0.338 e. The van der Waals surface area contributed by atoms with E-state index in [0.717, 1.165) is 0 Å². The van der Waals surface area contributed by atoms with Crippen molar-refractivity contribution in [2.45, 2.75) is 13.0 Å². The Labute approximate surface area is 98.8 Å². The molecule has 1 rings (SSSR count). The summed E-state index contributed by atoms with van der Waals surface area (Å²) in [5.74, 6) is -1.02. The molecule has 0 aliphatic carbocycles. The van der Waals surface area contributed by atoms with E-state index in [-0.39, 0.29) is 17.7 Å². The first kappa shape index (κ1) is 12.9. The van der Waals surface area contributed by atoms with Gasteiger partial charge in [-0.3, -0.25) is 4.79 Å². The SMILES string of the molecule is CCOC(=O)c1cccc(C(=O)[C@@H](N)C#N)c1. The standard InChI is InChI=1S/C12H12N2O3/c1-2-17-12(16)9-5-3-4-8(6-9)11(15)10(14)7-13/h3-6,10H,2,14H2,1H3/t10-/m0/s1. The van der Waals surface area contributed by atoms with Crippen molar-refractivity contribution in [1.29, 1.82) is 5.26 Å². The van der Waals surface area contributed by atoms with Crippen LogP contribution in [0.15, 0.2) is 24.3 Å². The predicted molar refractivity (Wildman–Crippen MR) is 60.3 cm³/mol. The van der Waals surface area contributed by atoms with E-state index in [1.54, 1.807) is 19.1 Å². The number of hydrogen-bond acceptors (Lipinski definition) is 5. The fraction of sp³-hybridized carbons (Fsp3) is 0.250. The molecular weight excluding hydrogens is 220 g/mol. The first-order valence-electron chi connectivity index (χ1n) is 5.06. The van der Waals surface area contributed by atoms with Crippen molar-refractivity contribution in [3.8, 4) is 6.07 Å². The number of carbonyl (C=O) groups is 2. The second kappa shape index (κ2) is 5.77. The molecule has 5 heteroatoms. The number of nitrogens with two attached hydrogens (primary N) is 1. The highest BCUT2D eigenvalue weighted by Crippen LogP contribution is 2.08. The maximum absolute atomic E-state index is 11.6. The quantitative estimate of drug-likeness (QED) is 0.614. The summed E-state index contributed by atoms with van der Waals surface area (Å²) in [6, 6.07) is 6.39. The van der Waals surface area contributed by atoms with Crippen molar-refractivity contribution >= 4 is 11.8 Å². The van der Waals surface area contributed by atoms with Gasteiger partial charge in [0.1, 0.15) is 0 Å². The first-order valence-corrected chi connectivity index (χ1v) is 5.06. The van der Waals surface area contributed by atoms with Crippen molar-refractivity contribution in [1.82, 2.24) is 0 Å². The zero-order valence-corrected chi connectivity index (χ0v) is 9.34. The Hall–Kier alpha value is -2.19. The summed E-state index contributed by atoms with van der Waals surface area (Å²) < 4.78 is 4.80. The number of carbonyl (C=O) groups excluding carboxylic acids is 2. The average Bonchev–Trinajstić information content (AvgIpc) is 2.37. The van der Waals surface area contributed by atoms with Crippen molar-refractivity contribution in [3.05, 3.63) is 35.4 Å². The Bertz CT molecular complexity index is 477. The molecule has 0 aliphatic heterocycles. The lowest BCUT2D eigenvalue weighted by molar-refractivity contribution is 0.0526. The van der Waals surface area contributed by atoms with E-state index in [2.05, 4.69) is 0 Å². The Morgan fingerprint density at radius 1 is 1.47 bits per heavy atom. The van der Waals surface area contributed by atoms with Crippen molar-refractivity contribution in [2.75, 3.05) is 6.61 Å². The van der Waals surface area contributed by atoms with Crippen LogP contribution < -0.4 is 5.73 Å². The predicted octanol–water partition coefficient (Wildman–Crippen LogP) is 0.897. The molecule has 0 saturated heterocycles. The molecule has 5 nitrogen and oxygen atoms in total. The molecule has 88 valence electrons. The average molecular weight is 232 g/mol. The second-order valence-corrected chi connectivity index (χ2v) is 3.27. The highest BCUT2D eigenvalue weighted by Gasteiger charge is 2.16. The summed E-state index contributed by atoms with van der Waals surface area (Å²) in [4.78, 5) is 23.0. The van der Waals surface area contributed by atoms with Gasteiger partial charge in [0.05, 0.1) is 18.2 Å². The molecule has 0 spiro atoms. The van der Waals surface area contributed by atoms with Gasteiger partial charge in [0.2, 0.25) is 0 Å². The molecule has 0 heterocycles. The Kier molecular flexibility index (Phi) is 4.37. The van der Waals surface area contributed by atoms with E-state index >= 15 is 0 Å². The van der Waals surface area contributed by atoms with Crippen molar-refractivity contribution in [2.24, 2.45) is 5.73 Å². The maximum atomic E-state index is 11.6. The van der Waals surface area contributed by atoms with Gasteiger partial charge in [0.25, 0.3) is 0 Å². The zero-order chi connectivity index (χ0) is 12.8. The van der Waals surface area contributed by atoms with Crippen LogP contribution in [0.4, 0.5) is 0 Å². The molecular formula is C12H12N2O3. The van der Waals surface area contributed by atoms with Crippen LogP contribution in [-0.4, -0.2) is 24.4 Å². The summed E-state index contributed by atoms with van der Waals surface area (Å²) >= 11 is 0. The molecule has 1 atom stereocenters. The van der Waals surface area contributed by atoms with Crippen LogP contribution in [0.2, 0.25) is 0 Å². The number of hydrogen-bond donors (Lipinski definition) is 1. The van der Waals surface area contributed by atoms with Crippen LogP contribution in [0.1, 0.15) is 27.6 Å². The lowest BCUT2D eigenvalue weighted by atomic mass is 10.0. The Morgan fingerprint density at radius 2 is 2.12 bits per heavy atom. The van der Waals surface area contributed by atoms with E-state index in [4.69, 9.17) is 15.7 Å². The lowest BCUT2D eigenvalue weighted by Gasteiger charge is -2.05. The van der Waals surface area contributed by atoms with Gasteiger partial charge in [-0.1, -0.05) is 12.1 Å². The number of ketones is 1. The summed E-state index contributed by atoms with van der Waals surface area (Å²) in [6.45, 7) is 1.95. The zero-order valence-electron chi connectivity index (χ0n) is 9.34. The van der Waals surface area contributed by atoms with Gasteiger partial charge < -0.3 is 10.5 Å². The maximum Gasteiger partial charge on any atom is 0.338 e. The lowest BCUT2D eigenvalue weighted by Crippen LogP contribution is -2.28. The van der Waals surface area contributed by atoms with Crippen LogP contribution in [-0.2, 0) is 4.74 Å². The Balaban J connectivity index is 2.98. The molecule has 0 bridgehead atoms. The van der Waals surface area contributed by atoms with Gasteiger partial charge in [-0.2, -0.15) is 5.26 Å². The van der Waals surface area contributed by atoms with E-state index in [9.17, 15) is 9.59 Å². The van der Waals surface area contributed by atoms with Gasteiger partial charge in [-0.15, -0.1) is 0 Å². The van der Waals surface area contributed by atoms with E-state index in [1.807, 2.05) is 0 Å². The second-order valence-electron chi connectivity index (χ2n) is 3.27. The molecule has 0 unspecified atom stereocenters. The van der Waals surface area contributed by atoms with Gasteiger partial charge in [0.15, 0.2) is 11.8 Å². The van der Waals surface area contributed by atoms with Crippen LogP contribution >= 0.6 is 0 Å². The highest BCUT2D eigenvalue weighted by atomic mass is 16.5. The molecule has 1 aromatic rings. The molecule has 0 amide bonds. The number of benzene rings is 1. The minimum Gasteiger partial charge on any atom is -0.462 e. The largest absolute Gasteiger partial charge is 0.462 e. The molecule has 0 aromatic heterocycles. The number of esters is 1. The number of ether oxygens (including phenoxy) is 1. The topological polar surface area (TPSA) is 93.2 Å². The number of nitrogens with zero attached hydrogens (tertiary/aromatic N) is 1. The summed E-state index contributed by atoms with van der Waals surface area (Å²) in [5.41, 5.74) is 5.80. The molecule has 2 N–H and O–H groups in total. The molecule has 0 radical (unpaired) electrons. The molecule has 0 fully saturated rings. The highest BCUT2D eigenvalue weighted by molar-refractivity contribution is 6.03. The Morgan fingerprint density at radius 3 is 2.71 bits per heavy atom. The van der Waals surface area contributed by atoms with Crippen molar-refractivity contribution in [3.63, 3.8) is 0 Å². The third-order valence-corrected chi connectivity index (χ3v) is 2.08. The number of rotatable bonds is 4. The fourth-order valence-electron chi connectivity index (χ4n) is 1.25. The minimum atomic E-state index is -1.22.